The van der Waals surface area contributed by atoms with Crippen LogP contribution in [-0.4, -0.2) is 10.1 Å². The molecule has 0 atom stereocenters. The van der Waals surface area contributed by atoms with Gasteiger partial charge in [-0.15, -0.1) is 0 Å². The highest BCUT2D eigenvalue weighted by Gasteiger charge is 2.15. The minimum absolute atomic E-state index is 0.144. The minimum atomic E-state index is -0.144. The predicted octanol–water partition coefficient (Wildman–Crippen LogP) is 4.14. The Hall–Kier alpha value is -1.77. The third-order valence-corrected chi connectivity index (χ3v) is 4.75. The van der Waals surface area contributed by atoms with E-state index >= 15 is 0 Å². The van der Waals surface area contributed by atoms with Crippen molar-refractivity contribution in [2.75, 3.05) is 0 Å². The molecule has 0 bridgehead atoms. The highest BCUT2D eigenvalue weighted by Crippen LogP contribution is 2.29. The van der Waals surface area contributed by atoms with Crippen LogP contribution in [0.1, 0.15) is 50.5 Å². The molecule has 0 saturated heterocycles. The summed E-state index contributed by atoms with van der Waals surface area (Å²) in [5.74, 6) is 0.985. The van der Waals surface area contributed by atoms with E-state index in [1.54, 1.807) is 0 Å². The van der Waals surface area contributed by atoms with Gasteiger partial charge in [0, 0.05) is 5.39 Å². The summed E-state index contributed by atoms with van der Waals surface area (Å²) in [7, 11) is 0. The number of nitrogens with one attached hydrogen (secondary N) is 1. The zero-order chi connectivity index (χ0) is 14.7. The number of hydrogen-bond acceptors (Lipinski definition) is 2. The van der Waals surface area contributed by atoms with Crippen LogP contribution in [0.5, 0.6) is 5.75 Å². The lowest BCUT2D eigenvalue weighted by Gasteiger charge is -2.21. The zero-order valence-electron chi connectivity index (χ0n) is 12.4. The van der Waals surface area contributed by atoms with Crippen LogP contribution in [0.25, 0.3) is 10.9 Å². The van der Waals surface area contributed by atoms with Crippen molar-refractivity contribution in [3.63, 3.8) is 0 Å². The summed E-state index contributed by atoms with van der Waals surface area (Å²) in [5, 5.41) is 11.1. The molecular weight excluding hydrogens is 262 g/mol. The van der Waals surface area contributed by atoms with Gasteiger partial charge in [0.1, 0.15) is 5.75 Å². The van der Waals surface area contributed by atoms with E-state index in [1.165, 1.54) is 38.5 Å². The molecule has 3 nitrogen and oxygen atoms in total. The fourth-order valence-electron chi connectivity index (χ4n) is 3.54. The molecule has 1 aromatic carbocycles. The van der Waals surface area contributed by atoms with Crippen molar-refractivity contribution >= 4 is 10.9 Å². The van der Waals surface area contributed by atoms with Gasteiger partial charge in [-0.3, -0.25) is 4.79 Å². The van der Waals surface area contributed by atoms with Crippen molar-refractivity contribution in [2.45, 2.75) is 51.4 Å². The van der Waals surface area contributed by atoms with Crippen molar-refractivity contribution in [2.24, 2.45) is 5.92 Å². The summed E-state index contributed by atoms with van der Waals surface area (Å²) >= 11 is 0. The lowest BCUT2D eigenvalue weighted by atomic mass is 9.85. The van der Waals surface area contributed by atoms with Gasteiger partial charge in [0.25, 0.3) is 5.56 Å². The number of pyridine rings is 1. The maximum atomic E-state index is 12.1. The molecular formula is C18H23NO2. The van der Waals surface area contributed by atoms with E-state index in [-0.39, 0.29) is 11.3 Å². The van der Waals surface area contributed by atoms with Gasteiger partial charge in [0.05, 0.1) is 11.1 Å². The van der Waals surface area contributed by atoms with Crippen LogP contribution >= 0.6 is 0 Å². The summed E-state index contributed by atoms with van der Waals surface area (Å²) in [5.41, 5.74) is 1.11. The van der Waals surface area contributed by atoms with Crippen LogP contribution < -0.4 is 5.56 Å². The molecule has 1 aliphatic rings. The SMILES string of the molecule is O=c1[nH]c2ccccc2c(O)c1CCCC1CCCCC1. The number of H-pyrrole nitrogens is 1. The topological polar surface area (TPSA) is 53.1 Å². The van der Waals surface area contributed by atoms with E-state index in [1.807, 2.05) is 24.3 Å². The van der Waals surface area contributed by atoms with Crippen molar-refractivity contribution in [1.82, 2.24) is 4.98 Å². The Morgan fingerprint density at radius 1 is 1.14 bits per heavy atom. The number of benzene rings is 1. The molecule has 1 saturated carbocycles. The number of aromatic hydroxyl groups is 1. The molecule has 3 rings (SSSR count). The van der Waals surface area contributed by atoms with Crippen LogP contribution in [0.4, 0.5) is 0 Å². The van der Waals surface area contributed by atoms with Gasteiger partial charge in [0.2, 0.25) is 0 Å². The van der Waals surface area contributed by atoms with Gasteiger partial charge in [-0.2, -0.15) is 0 Å². The smallest absolute Gasteiger partial charge is 0.255 e. The summed E-state index contributed by atoms with van der Waals surface area (Å²) in [6.07, 6.45) is 9.58. The van der Waals surface area contributed by atoms with Gasteiger partial charge in [-0.05, 0) is 30.9 Å². The summed E-state index contributed by atoms with van der Waals surface area (Å²) in [4.78, 5) is 15.0. The largest absolute Gasteiger partial charge is 0.507 e. The van der Waals surface area contributed by atoms with Gasteiger partial charge in [-0.25, -0.2) is 0 Å². The molecule has 2 aromatic rings. The van der Waals surface area contributed by atoms with Gasteiger partial charge in [0.15, 0.2) is 0 Å². The first-order valence-electron chi connectivity index (χ1n) is 8.08. The first-order valence-corrected chi connectivity index (χ1v) is 8.08. The number of hydrogen-bond donors (Lipinski definition) is 2. The van der Waals surface area contributed by atoms with Gasteiger partial charge >= 0.3 is 0 Å². The Morgan fingerprint density at radius 3 is 2.71 bits per heavy atom. The molecule has 0 aliphatic heterocycles. The molecule has 1 heterocycles. The fourth-order valence-corrected chi connectivity index (χ4v) is 3.54. The Morgan fingerprint density at radius 2 is 1.90 bits per heavy atom. The van der Waals surface area contributed by atoms with Gasteiger partial charge in [-0.1, -0.05) is 50.7 Å². The van der Waals surface area contributed by atoms with Crippen LogP contribution in [0, 0.1) is 5.92 Å². The molecule has 1 aromatic heterocycles. The van der Waals surface area contributed by atoms with Crippen LogP contribution in [0.3, 0.4) is 0 Å². The molecule has 0 amide bonds. The second kappa shape index (κ2) is 6.33. The minimum Gasteiger partial charge on any atom is -0.507 e. The van der Waals surface area contributed by atoms with E-state index in [0.29, 0.717) is 17.5 Å². The molecule has 112 valence electrons. The molecule has 21 heavy (non-hydrogen) atoms. The van der Waals surface area contributed by atoms with Gasteiger partial charge < -0.3 is 10.1 Å². The maximum Gasteiger partial charge on any atom is 0.255 e. The Labute approximate surface area is 125 Å². The first kappa shape index (κ1) is 14.2. The second-order valence-corrected chi connectivity index (χ2v) is 6.22. The molecule has 1 aliphatic carbocycles. The van der Waals surface area contributed by atoms with Crippen molar-refractivity contribution < 1.29 is 5.11 Å². The zero-order valence-corrected chi connectivity index (χ0v) is 12.4. The number of fused-ring (bicyclic) bond motifs is 1. The molecule has 1 fully saturated rings. The third-order valence-electron chi connectivity index (χ3n) is 4.75. The maximum absolute atomic E-state index is 12.1. The normalized spacial score (nSPS) is 16.4. The van der Waals surface area contributed by atoms with Crippen LogP contribution in [0.15, 0.2) is 29.1 Å². The van der Waals surface area contributed by atoms with Crippen LogP contribution in [0.2, 0.25) is 0 Å². The van der Waals surface area contributed by atoms with Crippen molar-refractivity contribution in [3.05, 3.63) is 40.2 Å². The summed E-state index contributed by atoms with van der Waals surface area (Å²) < 4.78 is 0. The predicted molar refractivity (Wildman–Crippen MR) is 85.7 cm³/mol. The first-order chi connectivity index (χ1) is 10.3. The third kappa shape index (κ3) is 3.12. The average molecular weight is 285 g/mol. The Bertz CT molecular complexity index is 668. The molecule has 3 heteroatoms. The standard InChI is InChI=1S/C18H23NO2/c20-17-14-10-4-5-12-16(14)19-18(21)15(17)11-6-9-13-7-2-1-3-8-13/h4-5,10,12-13H,1-3,6-9,11H2,(H2,19,20,21). The second-order valence-electron chi connectivity index (χ2n) is 6.22. The van der Waals surface area contributed by atoms with Crippen molar-refractivity contribution in [1.29, 1.82) is 0 Å². The molecule has 2 N–H and O–H groups in total. The average Bonchev–Trinajstić information content (AvgIpc) is 2.51. The Balaban J connectivity index is 1.73. The van der Waals surface area contributed by atoms with E-state index in [0.717, 1.165) is 17.7 Å². The molecule has 0 radical (unpaired) electrons. The van der Waals surface area contributed by atoms with Crippen molar-refractivity contribution in [3.8, 4) is 5.75 Å². The van der Waals surface area contributed by atoms with E-state index in [9.17, 15) is 9.90 Å². The highest BCUT2D eigenvalue weighted by atomic mass is 16.3. The summed E-state index contributed by atoms with van der Waals surface area (Å²) in [6, 6.07) is 7.42. The van der Waals surface area contributed by atoms with E-state index in [2.05, 4.69) is 4.98 Å². The number of aromatic nitrogens is 1. The number of aromatic amines is 1. The van der Waals surface area contributed by atoms with Crippen LogP contribution in [-0.2, 0) is 6.42 Å². The fraction of sp³-hybridized carbons (Fsp3) is 0.500. The molecule has 0 spiro atoms. The molecule has 0 unspecified atom stereocenters. The highest BCUT2D eigenvalue weighted by molar-refractivity contribution is 5.85. The quantitative estimate of drug-likeness (QED) is 0.887. The number of rotatable bonds is 4. The lowest BCUT2D eigenvalue weighted by molar-refractivity contribution is 0.332. The lowest BCUT2D eigenvalue weighted by Crippen LogP contribution is -2.14. The Kier molecular flexibility index (Phi) is 4.28. The van der Waals surface area contributed by atoms with E-state index in [4.69, 9.17) is 0 Å². The number of para-hydroxylation sites is 1. The van der Waals surface area contributed by atoms with E-state index < -0.39 is 0 Å². The summed E-state index contributed by atoms with van der Waals surface area (Å²) in [6.45, 7) is 0. The monoisotopic (exact) mass is 285 g/mol.